The molecule has 0 unspecified atom stereocenters. The molecule has 0 heterocycles. The van der Waals surface area contributed by atoms with Gasteiger partial charge in [-0.1, -0.05) is 36.4 Å². The summed E-state index contributed by atoms with van der Waals surface area (Å²) < 4.78 is 5.80. The minimum Gasteiger partial charge on any atom is -0.450 e. The minimum absolute atomic E-state index is 0.0293. The van der Waals surface area contributed by atoms with E-state index in [0.29, 0.717) is 12.2 Å². The molecule has 4 nitrogen and oxygen atoms in total. The molecule has 2 aromatic carbocycles. The first-order valence-electron chi connectivity index (χ1n) is 6.24. The molecule has 0 spiro atoms. The number of para-hydroxylation sites is 2. The third-order valence-electron chi connectivity index (χ3n) is 2.94. The Morgan fingerprint density at radius 3 is 2.70 bits per heavy atom. The lowest BCUT2D eigenvalue weighted by molar-refractivity contribution is -0.385. The number of benzene rings is 2. The van der Waals surface area contributed by atoms with Gasteiger partial charge in [0, 0.05) is 6.07 Å². The van der Waals surface area contributed by atoms with E-state index in [9.17, 15) is 10.1 Å². The second kappa shape index (κ2) is 6.02. The lowest BCUT2D eigenvalue weighted by atomic mass is 10.1. The van der Waals surface area contributed by atoms with Crippen LogP contribution in [-0.4, -0.2) is 4.92 Å². The number of allylic oxidation sites excluding steroid dienone is 1. The summed E-state index contributed by atoms with van der Waals surface area (Å²) in [5.74, 6) is 0.902. The Kier molecular flexibility index (Phi) is 4.15. The van der Waals surface area contributed by atoms with Crippen LogP contribution in [0.25, 0.3) is 0 Å². The Labute approximate surface area is 117 Å². The highest BCUT2D eigenvalue weighted by Gasteiger charge is 2.18. The molecule has 0 atom stereocenters. The van der Waals surface area contributed by atoms with E-state index in [0.717, 1.165) is 11.1 Å². The van der Waals surface area contributed by atoms with Crippen LogP contribution in [0.15, 0.2) is 55.1 Å². The summed E-state index contributed by atoms with van der Waals surface area (Å²) in [7, 11) is 0. The fraction of sp³-hybridized carbons (Fsp3) is 0.125. The maximum absolute atomic E-state index is 11.1. The third-order valence-corrected chi connectivity index (χ3v) is 2.94. The van der Waals surface area contributed by atoms with Crippen LogP contribution in [-0.2, 0) is 6.42 Å². The van der Waals surface area contributed by atoms with E-state index in [1.807, 2.05) is 18.2 Å². The van der Waals surface area contributed by atoms with Gasteiger partial charge in [-0.3, -0.25) is 10.1 Å². The summed E-state index contributed by atoms with van der Waals surface area (Å²) >= 11 is 0. The standard InChI is InChI=1S/C16H15NO3/c1-3-7-13-9-4-5-11-15(13)20-16-12(2)8-6-10-14(16)17(18)19/h3-6,8-11H,1,7H2,2H3. The molecule has 0 aromatic heterocycles. The molecule has 0 N–H and O–H groups in total. The fourth-order valence-corrected chi connectivity index (χ4v) is 1.95. The van der Waals surface area contributed by atoms with Gasteiger partial charge in [0.2, 0.25) is 5.75 Å². The molecule has 0 bridgehead atoms. The SMILES string of the molecule is C=CCc1ccccc1Oc1c(C)cccc1[N+](=O)[O-]. The van der Waals surface area contributed by atoms with Crippen molar-refractivity contribution in [3.63, 3.8) is 0 Å². The molecule has 0 aliphatic heterocycles. The number of hydrogen-bond donors (Lipinski definition) is 0. The molecule has 2 rings (SSSR count). The molecular formula is C16H15NO3. The van der Waals surface area contributed by atoms with E-state index >= 15 is 0 Å². The first kappa shape index (κ1) is 13.8. The van der Waals surface area contributed by atoms with E-state index < -0.39 is 4.92 Å². The molecule has 20 heavy (non-hydrogen) atoms. The van der Waals surface area contributed by atoms with Gasteiger partial charge >= 0.3 is 5.69 Å². The predicted molar refractivity (Wildman–Crippen MR) is 78.3 cm³/mol. The van der Waals surface area contributed by atoms with Crippen molar-refractivity contribution in [2.24, 2.45) is 0 Å². The molecule has 0 aliphatic rings. The zero-order valence-electron chi connectivity index (χ0n) is 11.2. The van der Waals surface area contributed by atoms with Crippen LogP contribution >= 0.6 is 0 Å². The van der Waals surface area contributed by atoms with Crippen LogP contribution in [0, 0.1) is 17.0 Å². The average Bonchev–Trinajstić information content (AvgIpc) is 2.43. The number of hydrogen-bond acceptors (Lipinski definition) is 3. The molecule has 2 aromatic rings. The smallest absolute Gasteiger partial charge is 0.311 e. The van der Waals surface area contributed by atoms with Crippen LogP contribution in [0.5, 0.6) is 11.5 Å². The Hall–Kier alpha value is -2.62. The second-order valence-electron chi connectivity index (χ2n) is 4.38. The van der Waals surface area contributed by atoms with E-state index in [4.69, 9.17) is 4.74 Å². The highest BCUT2D eigenvalue weighted by molar-refractivity contribution is 5.54. The Morgan fingerprint density at radius 1 is 1.25 bits per heavy atom. The largest absolute Gasteiger partial charge is 0.450 e. The zero-order chi connectivity index (χ0) is 14.5. The molecule has 4 heteroatoms. The van der Waals surface area contributed by atoms with Gasteiger partial charge in [-0.25, -0.2) is 0 Å². The van der Waals surface area contributed by atoms with Crippen LogP contribution in [0.3, 0.4) is 0 Å². The van der Waals surface area contributed by atoms with Crippen molar-refractivity contribution >= 4 is 5.69 Å². The quantitative estimate of drug-likeness (QED) is 0.458. The average molecular weight is 269 g/mol. The highest BCUT2D eigenvalue weighted by Crippen LogP contribution is 2.35. The van der Waals surface area contributed by atoms with Gasteiger partial charge in [0.15, 0.2) is 0 Å². The number of nitrogens with zero attached hydrogens (tertiary/aromatic N) is 1. The lowest BCUT2D eigenvalue weighted by Crippen LogP contribution is -1.97. The van der Waals surface area contributed by atoms with Gasteiger partial charge in [-0.2, -0.15) is 0 Å². The summed E-state index contributed by atoms with van der Waals surface area (Å²) in [5, 5.41) is 11.1. The van der Waals surface area contributed by atoms with Crippen molar-refractivity contribution in [1.29, 1.82) is 0 Å². The van der Waals surface area contributed by atoms with Crippen molar-refractivity contribution in [2.45, 2.75) is 13.3 Å². The molecule has 0 fully saturated rings. The minimum atomic E-state index is -0.432. The molecule has 0 saturated heterocycles. The molecule has 0 saturated carbocycles. The van der Waals surface area contributed by atoms with Crippen molar-refractivity contribution in [3.8, 4) is 11.5 Å². The van der Waals surface area contributed by atoms with Crippen LogP contribution in [0.2, 0.25) is 0 Å². The van der Waals surface area contributed by atoms with Gasteiger partial charge in [0.1, 0.15) is 5.75 Å². The van der Waals surface area contributed by atoms with Crippen LogP contribution in [0.4, 0.5) is 5.69 Å². The fourth-order valence-electron chi connectivity index (χ4n) is 1.95. The van der Waals surface area contributed by atoms with Crippen molar-refractivity contribution in [1.82, 2.24) is 0 Å². The van der Waals surface area contributed by atoms with Crippen LogP contribution in [0.1, 0.15) is 11.1 Å². The van der Waals surface area contributed by atoms with Gasteiger partial charge in [-0.15, -0.1) is 6.58 Å². The summed E-state index contributed by atoms with van der Waals surface area (Å²) in [5.41, 5.74) is 1.64. The summed E-state index contributed by atoms with van der Waals surface area (Å²) in [6.07, 6.45) is 2.42. The lowest BCUT2D eigenvalue weighted by Gasteiger charge is -2.12. The topological polar surface area (TPSA) is 52.4 Å². The van der Waals surface area contributed by atoms with Gasteiger partial charge < -0.3 is 4.74 Å². The summed E-state index contributed by atoms with van der Waals surface area (Å²) in [6.45, 7) is 5.49. The first-order valence-corrected chi connectivity index (χ1v) is 6.24. The molecule has 102 valence electrons. The Balaban J connectivity index is 2.45. The Bertz CT molecular complexity index is 650. The maximum Gasteiger partial charge on any atom is 0.311 e. The number of nitro groups is 1. The highest BCUT2D eigenvalue weighted by atomic mass is 16.6. The molecule has 0 radical (unpaired) electrons. The zero-order valence-corrected chi connectivity index (χ0v) is 11.2. The molecule has 0 amide bonds. The van der Waals surface area contributed by atoms with E-state index in [2.05, 4.69) is 6.58 Å². The van der Waals surface area contributed by atoms with Gasteiger partial charge in [0.05, 0.1) is 4.92 Å². The van der Waals surface area contributed by atoms with Crippen molar-refractivity contribution in [3.05, 3.63) is 76.4 Å². The first-order chi connectivity index (χ1) is 9.63. The van der Waals surface area contributed by atoms with Crippen molar-refractivity contribution in [2.75, 3.05) is 0 Å². The van der Waals surface area contributed by atoms with Gasteiger partial charge in [-0.05, 0) is 30.5 Å². The number of aryl methyl sites for hydroxylation is 1. The third kappa shape index (κ3) is 2.85. The Morgan fingerprint density at radius 2 is 2.00 bits per heavy atom. The van der Waals surface area contributed by atoms with Crippen molar-refractivity contribution < 1.29 is 9.66 Å². The number of rotatable bonds is 5. The van der Waals surface area contributed by atoms with E-state index in [-0.39, 0.29) is 11.4 Å². The van der Waals surface area contributed by atoms with Gasteiger partial charge in [0.25, 0.3) is 0 Å². The monoisotopic (exact) mass is 269 g/mol. The summed E-state index contributed by atoms with van der Waals surface area (Å²) in [4.78, 5) is 10.7. The normalized spacial score (nSPS) is 10.1. The molecule has 0 aliphatic carbocycles. The summed E-state index contributed by atoms with van der Waals surface area (Å²) in [6, 6.07) is 12.3. The maximum atomic E-state index is 11.1. The van der Waals surface area contributed by atoms with Crippen LogP contribution < -0.4 is 4.74 Å². The number of ether oxygens (including phenoxy) is 1. The molecular weight excluding hydrogens is 254 g/mol. The van der Waals surface area contributed by atoms with E-state index in [1.54, 1.807) is 31.2 Å². The van der Waals surface area contributed by atoms with E-state index in [1.165, 1.54) is 6.07 Å². The number of nitro benzene ring substituents is 1. The second-order valence-corrected chi connectivity index (χ2v) is 4.38. The predicted octanol–water partition coefficient (Wildman–Crippen LogP) is 4.42.